The number of nitrogens with zero attached hydrogens (tertiary/aromatic N) is 1. The molecule has 1 aliphatic rings. The topological polar surface area (TPSA) is 45.1 Å². The Morgan fingerprint density at radius 2 is 2.25 bits per heavy atom. The molecular weight excluding hydrogens is 268 g/mol. The van der Waals surface area contributed by atoms with Crippen LogP contribution in [-0.2, 0) is 12.8 Å². The van der Waals surface area contributed by atoms with Gasteiger partial charge in [-0.25, -0.2) is 4.98 Å². The third-order valence-corrected chi connectivity index (χ3v) is 5.54. The number of aliphatic hydroxyl groups is 1. The smallest absolute Gasteiger partial charge is 0.0928 e. The number of thiazole rings is 1. The van der Waals surface area contributed by atoms with Gasteiger partial charge in [-0.3, -0.25) is 0 Å². The molecule has 0 spiro atoms. The zero-order chi connectivity index (χ0) is 14.4. The van der Waals surface area contributed by atoms with Gasteiger partial charge in [-0.15, -0.1) is 11.3 Å². The van der Waals surface area contributed by atoms with Gasteiger partial charge in [0.15, 0.2) is 0 Å². The van der Waals surface area contributed by atoms with Crippen LogP contribution in [0, 0.1) is 5.92 Å². The van der Waals surface area contributed by atoms with E-state index in [1.54, 1.807) is 0 Å². The van der Waals surface area contributed by atoms with Crippen LogP contribution in [0.15, 0.2) is 0 Å². The van der Waals surface area contributed by atoms with Crippen LogP contribution < -0.4 is 5.32 Å². The van der Waals surface area contributed by atoms with Crippen LogP contribution >= 0.6 is 11.3 Å². The number of fused-ring (bicyclic) bond motifs is 1. The molecule has 2 atom stereocenters. The van der Waals surface area contributed by atoms with Crippen molar-refractivity contribution in [2.75, 3.05) is 13.2 Å². The number of aliphatic hydroxyl groups excluding tert-OH is 1. The van der Waals surface area contributed by atoms with Crippen LogP contribution in [0.25, 0.3) is 0 Å². The predicted molar refractivity (Wildman–Crippen MR) is 85.3 cm³/mol. The van der Waals surface area contributed by atoms with Gasteiger partial charge in [0, 0.05) is 17.5 Å². The van der Waals surface area contributed by atoms with Crippen molar-refractivity contribution in [3.05, 3.63) is 15.6 Å². The summed E-state index contributed by atoms with van der Waals surface area (Å²) in [5.41, 5.74) is 1.34. The molecule has 2 N–H and O–H groups in total. The van der Waals surface area contributed by atoms with Crippen molar-refractivity contribution in [3.63, 3.8) is 0 Å². The molecule has 2 unspecified atom stereocenters. The summed E-state index contributed by atoms with van der Waals surface area (Å²) in [6.45, 7) is 5.74. The maximum absolute atomic E-state index is 9.16. The van der Waals surface area contributed by atoms with Gasteiger partial charge in [0.1, 0.15) is 0 Å². The maximum Gasteiger partial charge on any atom is 0.0928 e. The molecule has 0 aromatic carbocycles. The van der Waals surface area contributed by atoms with Crippen molar-refractivity contribution in [2.24, 2.45) is 5.92 Å². The third kappa shape index (κ3) is 4.03. The summed E-state index contributed by atoms with van der Waals surface area (Å²) in [6, 6.07) is 0.495. The maximum atomic E-state index is 9.16. The van der Waals surface area contributed by atoms with Crippen LogP contribution in [0.1, 0.15) is 67.6 Å². The molecule has 0 saturated heterocycles. The Kier molecular flexibility index (Phi) is 6.46. The van der Waals surface area contributed by atoms with Gasteiger partial charge in [0.2, 0.25) is 0 Å². The first-order valence-corrected chi connectivity index (χ1v) is 8.92. The second-order valence-electron chi connectivity index (χ2n) is 5.79. The van der Waals surface area contributed by atoms with Gasteiger partial charge < -0.3 is 10.4 Å². The van der Waals surface area contributed by atoms with E-state index in [-0.39, 0.29) is 0 Å². The van der Waals surface area contributed by atoms with Crippen molar-refractivity contribution < 1.29 is 5.11 Å². The van der Waals surface area contributed by atoms with Crippen molar-refractivity contribution in [3.8, 4) is 0 Å². The minimum Gasteiger partial charge on any atom is -0.396 e. The third-order valence-electron chi connectivity index (χ3n) is 4.18. The fourth-order valence-electron chi connectivity index (χ4n) is 3.06. The average molecular weight is 296 g/mol. The van der Waals surface area contributed by atoms with Crippen molar-refractivity contribution in [2.45, 2.75) is 64.8 Å². The Morgan fingerprint density at radius 1 is 1.40 bits per heavy atom. The largest absolute Gasteiger partial charge is 0.396 e. The first-order valence-electron chi connectivity index (χ1n) is 8.11. The molecule has 1 aromatic heterocycles. The highest BCUT2D eigenvalue weighted by Gasteiger charge is 2.24. The number of hydrogen-bond acceptors (Lipinski definition) is 4. The van der Waals surface area contributed by atoms with Gasteiger partial charge >= 0.3 is 0 Å². The standard InChI is InChI=1S/C16H28N2OS/c1-3-6-12(9-10-19)11-17-13-7-5-8-14-16(13)20-15(4-2)18-14/h12-13,17,19H,3-11H2,1-2H3. The highest BCUT2D eigenvalue weighted by molar-refractivity contribution is 7.11. The van der Waals surface area contributed by atoms with Gasteiger partial charge in [-0.05, 0) is 51.0 Å². The molecule has 3 nitrogen and oxygen atoms in total. The molecule has 2 rings (SSSR count). The second-order valence-corrected chi connectivity index (χ2v) is 6.91. The van der Waals surface area contributed by atoms with E-state index in [9.17, 15) is 0 Å². The summed E-state index contributed by atoms with van der Waals surface area (Å²) in [7, 11) is 0. The summed E-state index contributed by atoms with van der Waals surface area (Å²) in [5, 5.41) is 14.2. The van der Waals surface area contributed by atoms with E-state index in [4.69, 9.17) is 10.1 Å². The molecule has 4 heteroatoms. The summed E-state index contributed by atoms with van der Waals surface area (Å²) >= 11 is 1.90. The Morgan fingerprint density at radius 3 is 2.95 bits per heavy atom. The van der Waals surface area contributed by atoms with E-state index in [1.807, 2.05) is 11.3 Å². The number of nitrogens with one attached hydrogen (secondary N) is 1. The molecular formula is C16H28N2OS. The van der Waals surface area contributed by atoms with Crippen molar-refractivity contribution in [1.82, 2.24) is 10.3 Å². The lowest BCUT2D eigenvalue weighted by atomic mass is 9.95. The lowest BCUT2D eigenvalue weighted by Gasteiger charge is -2.25. The lowest BCUT2D eigenvalue weighted by molar-refractivity contribution is 0.244. The second kappa shape index (κ2) is 8.11. The molecule has 0 radical (unpaired) electrons. The van der Waals surface area contributed by atoms with E-state index in [2.05, 4.69) is 19.2 Å². The predicted octanol–water partition coefficient (Wildman–Crippen LogP) is 3.47. The van der Waals surface area contributed by atoms with Crippen molar-refractivity contribution in [1.29, 1.82) is 0 Å². The summed E-state index contributed by atoms with van der Waals surface area (Å²) in [6.07, 6.45) is 8.00. The average Bonchev–Trinajstić information content (AvgIpc) is 2.89. The van der Waals surface area contributed by atoms with Gasteiger partial charge in [0.25, 0.3) is 0 Å². The quantitative estimate of drug-likeness (QED) is 0.772. The number of hydrogen-bond donors (Lipinski definition) is 2. The Balaban J connectivity index is 1.95. The first-order chi connectivity index (χ1) is 9.78. The monoisotopic (exact) mass is 296 g/mol. The molecule has 1 aliphatic carbocycles. The molecule has 1 heterocycles. The molecule has 0 fully saturated rings. The molecule has 114 valence electrons. The SMILES string of the molecule is CCCC(CCO)CNC1CCCc2nc(CC)sc21. The summed E-state index contributed by atoms with van der Waals surface area (Å²) < 4.78 is 0. The zero-order valence-corrected chi connectivity index (χ0v) is 13.6. The molecule has 0 saturated carbocycles. The fourth-order valence-corrected chi connectivity index (χ4v) is 4.23. The molecule has 0 bridgehead atoms. The normalized spacial score (nSPS) is 19.9. The number of aromatic nitrogens is 1. The van der Waals surface area contributed by atoms with E-state index in [0.29, 0.717) is 18.6 Å². The van der Waals surface area contributed by atoms with Gasteiger partial charge in [-0.1, -0.05) is 20.3 Å². The summed E-state index contributed by atoms with van der Waals surface area (Å²) in [5.74, 6) is 0.606. The molecule has 0 aliphatic heterocycles. The van der Waals surface area contributed by atoms with E-state index in [0.717, 1.165) is 25.8 Å². The Hall–Kier alpha value is -0.450. The van der Waals surface area contributed by atoms with Crippen LogP contribution in [0.2, 0.25) is 0 Å². The van der Waals surface area contributed by atoms with Gasteiger partial charge in [-0.2, -0.15) is 0 Å². The lowest BCUT2D eigenvalue weighted by Crippen LogP contribution is -2.29. The van der Waals surface area contributed by atoms with Crippen LogP contribution in [0.5, 0.6) is 0 Å². The molecule has 1 aromatic rings. The zero-order valence-electron chi connectivity index (χ0n) is 12.8. The summed E-state index contributed by atoms with van der Waals surface area (Å²) in [4.78, 5) is 6.24. The van der Waals surface area contributed by atoms with Crippen LogP contribution in [-0.4, -0.2) is 23.2 Å². The highest BCUT2D eigenvalue weighted by Crippen LogP contribution is 2.34. The first kappa shape index (κ1) is 15.9. The van der Waals surface area contributed by atoms with Gasteiger partial charge in [0.05, 0.1) is 10.7 Å². The van der Waals surface area contributed by atoms with Crippen LogP contribution in [0.3, 0.4) is 0 Å². The van der Waals surface area contributed by atoms with Crippen LogP contribution in [0.4, 0.5) is 0 Å². The molecule has 20 heavy (non-hydrogen) atoms. The van der Waals surface area contributed by atoms with E-state index in [1.165, 1.54) is 41.3 Å². The Labute approximate surface area is 126 Å². The molecule has 0 amide bonds. The van der Waals surface area contributed by atoms with E-state index < -0.39 is 0 Å². The minimum absolute atomic E-state index is 0.308. The highest BCUT2D eigenvalue weighted by atomic mass is 32.1. The van der Waals surface area contributed by atoms with Crippen molar-refractivity contribution >= 4 is 11.3 Å². The number of rotatable bonds is 8. The number of aryl methyl sites for hydroxylation is 2. The van der Waals surface area contributed by atoms with E-state index >= 15 is 0 Å². The minimum atomic E-state index is 0.308. The Bertz CT molecular complexity index is 399. The fraction of sp³-hybridized carbons (Fsp3) is 0.812.